The maximum Gasteiger partial charge on any atom is 0.301 e. The van der Waals surface area contributed by atoms with Crippen LogP contribution in [0.4, 0.5) is 5.13 Å². The number of thioether (sulfide) groups is 1. The Balaban J connectivity index is 1.53. The van der Waals surface area contributed by atoms with Gasteiger partial charge in [-0.25, -0.2) is 0 Å². The Labute approximate surface area is 276 Å². The normalized spacial score (nSPS) is 15.6. The van der Waals surface area contributed by atoms with Crippen LogP contribution >= 0.6 is 23.1 Å². The van der Waals surface area contributed by atoms with Crippen LogP contribution < -0.4 is 19.1 Å². The molecule has 11 heteroatoms. The van der Waals surface area contributed by atoms with Gasteiger partial charge in [0.1, 0.15) is 18.1 Å². The molecule has 1 saturated heterocycles. The lowest BCUT2D eigenvalue weighted by Crippen LogP contribution is -2.29. The summed E-state index contributed by atoms with van der Waals surface area (Å²) in [6.45, 7) is 8.65. The number of amides is 1. The Morgan fingerprint density at radius 1 is 1.04 bits per heavy atom. The van der Waals surface area contributed by atoms with E-state index < -0.39 is 17.7 Å². The number of nitrogens with zero attached hydrogens (tertiary/aromatic N) is 3. The number of ether oxygens (including phenoxy) is 3. The van der Waals surface area contributed by atoms with Crippen LogP contribution in [0.1, 0.15) is 48.1 Å². The minimum Gasteiger partial charge on any atom is -0.507 e. The van der Waals surface area contributed by atoms with Gasteiger partial charge in [-0.2, -0.15) is 0 Å². The summed E-state index contributed by atoms with van der Waals surface area (Å²) in [5, 5.41) is 20.4. The van der Waals surface area contributed by atoms with Crippen molar-refractivity contribution >= 4 is 45.7 Å². The standard InChI is InChI=1S/C35H35N3O6S2/c1-5-7-19-43-26-15-12-24(13-16-26)31(39)29-30(25-14-17-27(44-18-6-2)28(20-25)42-4)38(33(41)32(29)40)34-36-37-35(46-34)45-21-23-10-8-22(3)9-11-23/h6,8-17,20,30,39H,2,5,7,18-19,21H2,1,3-4H3/b31-29+. The molecule has 1 amide bonds. The van der Waals surface area contributed by atoms with Crippen molar-refractivity contribution in [2.75, 3.05) is 25.2 Å². The second-order valence-corrected chi connectivity index (χ2v) is 12.7. The van der Waals surface area contributed by atoms with E-state index in [-0.39, 0.29) is 23.1 Å². The fourth-order valence-corrected chi connectivity index (χ4v) is 6.68. The van der Waals surface area contributed by atoms with Crippen LogP contribution in [-0.2, 0) is 15.3 Å². The average molecular weight is 658 g/mol. The highest BCUT2D eigenvalue weighted by Gasteiger charge is 2.48. The summed E-state index contributed by atoms with van der Waals surface area (Å²) in [5.41, 5.74) is 3.12. The minimum atomic E-state index is -1.01. The summed E-state index contributed by atoms with van der Waals surface area (Å²) < 4.78 is 17.7. The van der Waals surface area contributed by atoms with Crippen molar-refractivity contribution in [3.05, 3.63) is 107 Å². The van der Waals surface area contributed by atoms with Crippen molar-refractivity contribution in [2.45, 2.75) is 42.8 Å². The van der Waals surface area contributed by atoms with Gasteiger partial charge in [0, 0.05) is 11.3 Å². The van der Waals surface area contributed by atoms with Gasteiger partial charge in [-0.05, 0) is 60.9 Å². The van der Waals surface area contributed by atoms with Crippen molar-refractivity contribution in [3.63, 3.8) is 0 Å². The van der Waals surface area contributed by atoms with E-state index in [1.165, 1.54) is 40.7 Å². The third kappa shape index (κ3) is 7.27. The predicted molar refractivity (Wildman–Crippen MR) is 181 cm³/mol. The first kappa shape index (κ1) is 32.8. The summed E-state index contributed by atoms with van der Waals surface area (Å²) in [7, 11) is 1.50. The largest absolute Gasteiger partial charge is 0.507 e. The number of carbonyl (C=O) groups excluding carboxylic acids is 2. The molecule has 1 fully saturated rings. The molecule has 238 valence electrons. The van der Waals surface area contributed by atoms with Crippen molar-refractivity contribution in [2.24, 2.45) is 0 Å². The SMILES string of the molecule is C=CCOc1ccc(C2/C(=C(\O)c3ccc(OCCCC)cc3)C(=O)C(=O)N2c2nnc(SCc3ccc(C)cc3)s2)cc1OC. The van der Waals surface area contributed by atoms with Crippen LogP contribution in [0.25, 0.3) is 5.76 Å². The van der Waals surface area contributed by atoms with E-state index in [0.29, 0.717) is 45.1 Å². The monoisotopic (exact) mass is 657 g/mol. The number of Topliss-reactive ketones (excluding diaryl/α,β-unsaturated/α-hetero) is 1. The number of aryl methyl sites for hydroxylation is 1. The molecule has 1 atom stereocenters. The third-order valence-corrected chi connectivity index (χ3v) is 9.41. The van der Waals surface area contributed by atoms with Crippen molar-refractivity contribution < 1.29 is 28.9 Å². The fourth-order valence-electron chi connectivity index (χ4n) is 4.85. The third-order valence-electron chi connectivity index (χ3n) is 7.28. The average Bonchev–Trinajstić information content (AvgIpc) is 3.65. The molecule has 4 aromatic rings. The molecule has 5 rings (SSSR count). The van der Waals surface area contributed by atoms with Crippen molar-refractivity contribution in [1.29, 1.82) is 0 Å². The smallest absolute Gasteiger partial charge is 0.301 e. The second-order valence-electron chi connectivity index (χ2n) is 10.5. The van der Waals surface area contributed by atoms with Crippen LogP contribution in [0.5, 0.6) is 17.2 Å². The molecule has 46 heavy (non-hydrogen) atoms. The molecule has 0 aliphatic carbocycles. The number of aromatic nitrogens is 2. The van der Waals surface area contributed by atoms with E-state index in [4.69, 9.17) is 14.2 Å². The molecule has 0 radical (unpaired) electrons. The first-order valence-corrected chi connectivity index (χ1v) is 16.6. The Morgan fingerprint density at radius 3 is 2.50 bits per heavy atom. The van der Waals surface area contributed by atoms with Crippen LogP contribution in [0, 0.1) is 6.92 Å². The molecule has 0 bridgehead atoms. The molecule has 9 nitrogen and oxygen atoms in total. The van der Waals surface area contributed by atoms with Gasteiger partial charge in [-0.15, -0.1) is 10.2 Å². The molecule has 1 aliphatic heterocycles. The summed E-state index contributed by atoms with van der Waals surface area (Å²) >= 11 is 2.70. The Morgan fingerprint density at radius 2 is 1.80 bits per heavy atom. The van der Waals surface area contributed by atoms with E-state index in [0.717, 1.165) is 18.4 Å². The summed E-state index contributed by atoms with van der Waals surface area (Å²) in [5.74, 6) is 0.210. The quantitative estimate of drug-likeness (QED) is 0.0280. The zero-order valence-corrected chi connectivity index (χ0v) is 27.5. The van der Waals surface area contributed by atoms with Gasteiger partial charge in [0.15, 0.2) is 15.8 Å². The van der Waals surface area contributed by atoms with Crippen LogP contribution in [0.15, 0.2) is 89.3 Å². The Kier molecular flexibility index (Phi) is 10.8. The Hall–Kier alpha value is -4.61. The number of rotatable bonds is 14. The highest BCUT2D eigenvalue weighted by Crippen LogP contribution is 2.45. The number of ketones is 1. The number of methoxy groups -OCH3 is 1. The van der Waals surface area contributed by atoms with Gasteiger partial charge in [0.05, 0.1) is 25.3 Å². The molecule has 2 heterocycles. The fraction of sp³-hybridized carbons (Fsp3) is 0.257. The zero-order valence-electron chi connectivity index (χ0n) is 25.9. The van der Waals surface area contributed by atoms with E-state index >= 15 is 0 Å². The summed E-state index contributed by atoms with van der Waals surface area (Å²) in [4.78, 5) is 28.7. The molecule has 3 aromatic carbocycles. The van der Waals surface area contributed by atoms with Crippen LogP contribution in [-0.4, -0.2) is 47.3 Å². The first-order valence-electron chi connectivity index (χ1n) is 14.8. The molecule has 1 N–H and O–H groups in total. The number of benzene rings is 3. The minimum absolute atomic E-state index is 0.0736. The maximum atomic E-state index is 13.7. The lowest BCUT2D eigenvalue weighted by molar-refractivity contribution is -0.132. The van der Waals surface area contributed by atoms with Crippen LogP contribution in [0.2, 0.25) is 0 Å². The molecular weight excluding hydrogens is 623 g/mol. The summed E-state index contributed by atoms with van der Waals surface area (Å²) in [6, 6.07) is 19.1. The number of anilines is 1. The highest BCUT2D eigenvalue weighted by molar-refractivity contribution is 8.00. The second kappa shape index (κ2) is 15.1. The van der Waals surface area contributed by atoms with E-state index in [9.17, 15) is 14.7 Å². The van der Waals surface area contributed by atoms with E-state index in [2.05, 4.69) is 48.0 Å². The summed E-state index contributed by atoms with van der Waals surface area (Å²) in [6.07, 6.45) is 3.54. The van der Waals surface area contributed by atoms with Gasteiger partial charge in [-0.3, -0.25) is 14.5 Å². The zero-order chi connectivity index (χ0) is 32.6. The van der Waals surface area contributed by atoms with Crippen molar-refractivity contribution in [3.8, 4) is 17.2 Å². The Bertz CT molecular complexity index is 1730. The van der Waals surface area contributed by atoms with Gasteiger partial charge >= 0.3 is 5.91 Å². The lowest BCUT2D eigenvalue weighted by Gasteiger charge is -2.23. The number of carbonyl (C=O) groups is 2. The number of aliphatic hydroxyl groups is 1. The number of hydrogen-bond acceptors (Lipinski definition) is 10. The lowest BCUT2D eigenvalue weighted by atomic mass is 9.95. The van der Waals surface area contributed by atoms with E-state index in [1.54, 1.807) is 48.5 Å². The van der Waals surface area contributed by atoms with Crippen molar-refractivity contribution in [1.82, 2.24) is 10.2 Å². The molecule has 0 saturated carbocycles. The predicted octanol–water partition coefficient (Wildman–Crippen LogP) is 7.52. The topological polar surface area (TPSA) is 111 Å². The molecular formula is C35H35N3O6S2. The van der Waals surface area contributed by atoms with Gasteiger partial charge < -0.3 is 19.3 Å². The number of unbranched alkanes of at least 4 members (excludes halogenated alkanes) is 1. The molecule has 1 aromatic heterocycles. The van der Waals surface area contributed by atoms with Gasteiger partial charge in [0.25, 0.3) is 5.78 Å². The molecule has 0 spiro atoms. The van der Waals surface area contributed by atoms with E-state index in [1.807, 2.05) is 6.92 Å². The van der Waals surface area contributed by atoms with Gasteiger partial charge in [0.2, 0.25) is 5.13 Å². The maximum absolute atomic E-state index is 13.7. The van der Waals surface area contributed by atoms with Crippen LogP contribution in [0.3, 0.4) is 0 Å². The molecule has 1 unspecified atom stereocenters. The highest BCUT2D eigenvalue weighted by atomic mass is 32.2. The number of hydrogen-bond donors (Lipinski definition) is 1. The number of aliphatic hydroxyl groups excluding tert-OH is 1. The first-order chi connectivity index (χ1) is 22.3. The van der Waals surface area contributed by atoms with Gasteiger partial charge in [-0.1, -0.05) is 85.0 Å². The molecule has 1 aliphatic rings.